The van der Waals surface area contributed by atoms with Gasteiger partial charge in [-0.25, -0.2) is 0 Å². The van der Waals surface area contributed by atoms with Crippen molar-refractivity contribution in [2.24, 2.45) is 7.05 Å². The molecule has 0 atom stereocenters. The lowest BCUT2D eigenvalue weighted by Crippen LogP contribution is -2.01. The molecule has 3 rings (SSSR count). The first-order valence-corrected chi connectivity index (χ1v) is 7.29. The number of para-hydroxylation sites is 1. The lowest BCUT2D eigenvalue weighted by atomic mass is 10.0. The number of ketones is 1. The molecular formula is C16H11BrClNO. The van der Waals surface area contributed by atoms with Crippen LogP contribution in [0.4, 0.5) is 0 Å². The minimum absolute atomic E-state index is 0.0619. The second-order valence-electron chi connectivity index (χ2n) is 4.62. The average Bonchev–Trinajstić information content (AvgIpc) is 2.79. The molecule has 0 saturated heterocycles. The summed E-state index contributed by atoms with van der Waals surface area (Å²) in [5, 5.41) is 1.40. The van der Waals surface area contributed by atoms with E-state index in [9.17, 15) is 4.79 Å². The van der Waals surface area contributed by atoms with Crippen LogP contribution in [0.15, 0.2) is 53.1 Å². The quantitative estimate of drug-likeness (QED) is 0.608. The highest BCUT2D eigenvalue weighted by atomic mass is 79.9. The summed E-state index contributed by atoms with van der Waals surface area (Å²) >= 11 is 9.53. The SMILES string of the molecule is Cn1cc(C(=O)c2cc(Br)ccc2Cl)c2ccccc21. The molecule has 0 aliphatic rings. The predicted molar refractivity (Wildman–Crippen MR) is 85.5 cm³/mol. The van der Waals surface area contributed by atoms with Crippen molar-refractivity contribution >= 4 is 44.2 Å². The number of hydrogen-bond acceptors (Lipinski definition) is 1. The van der Waals surface area contributed by atoms with Crippen molar-refractivity contribution in [1.29, 1.82) is 0 Å². The van der Waals surface area contributed by atoms with Gasteiger partial charge in [-0.15, -0.1) is 0 Å². The van der Waals surface area contributed by atoms with E-state index in [-0.39, 0.29) is 5.78 Å². The number of fused-ring (bicyclic) bond motifs is 1. The molecule has 0 unspecified atom stereocenters. The molecule has 0 fully saturated rings. The van der Waals surface area contributed by atoms with E-state index < -0.39 is 0 Å². The van der Waals surface area contributed by atoms with Gasteiger partial charge in [0.25, 0.3) is 0 Å². The van der Waals surface area contributed by atoms with E-state index in [0.29, 0.717) is 16.1 Å². The molecule has 1 aromatic heterocycles. The molecule has 2 aromatic carbocycles. The number of nitrogens with zero attached hydrogens (tertiary/aromatic N) is 1. The first-order chi connectivity index (χ1) is 9.58. The smallest absolute Gasteiger partial charge is 0.196 e. The summed E-state index contributed by atoms with van der Waals surface area (Å²) in [6, 6.07) is 13.1. The van der Waals surface area contributed by atoms with Crippen molar-refractivity contribution in [3.63, 3.8) is 0 Å². The van der Waals surface area contributed by atoms with E-state index in [1.165, 1.54) is 0 Å². The van der Waals surface area contributed by atoms with Gasteiger partial charge in [0.2, 0.25) is 0 Å². The second kappa shape index (κ2) is 5.08. The highest BCUT2D eigenvalue weighted by molar-refractivity contribution is 9.10. The lowest BCUT2D eigenvalue weighted by Gasteiger charge is -2.03. The highest BCUT2D eigenvalue weighted by Crippen LogP contribution is 2.27. The number of benzene rings is 2. The van der Waals surface area contributed by atoms with Gasteiger partial charge in [-0.3, -0.25) is 4.79 Å². The Balaban J connectivity index is 2.20. The number of rotatable bonds is 2. The average molecular weight is 349 g/mol. The molecule has 0 aliphatic heterocycles. The van der Waals surface area contributed by atoms with E-state index in [2.05, 4.69) is 15.9 Å². The summed E-state index contributed by atoms with van der Waals surface area (Å²) in [6.07, 6.45) is 1.85. The van der Waals surface area contributed by atoms with Gasteiger partial charge in [0.1, 0.15) is 0 Å². The molecule has 1 heterocycles. The van der Waals surface area contributed by atoms with Gasteiger partial charge in [-0.1, -0.05) is 45.7 Å². The van der Waals surface area contributed by atoms with Crippen molar-refractivity contribution in [2.45, 2.75) is 0 Å². The summed E-state index contributed by atoms with van der Waals surface area (Å²) in [4.78, 5) is 12.7. The standard InChI is InChI=1S/C16H11BrClNO/c1-19-9-13(11-4-2-3-5-15(11)19)16(20)12-8-10(17)6-7-14(12)18/h2-9H,1H3. The minimum Gasteiger partial charge on any atom is -0.350 e. The Labute approximate surface area is 130 Å². The third-order valence-corrected chi connectivity index (χ3v) is 4.14. The Hall–Kier alpha value is -1.58. The zero-order chi connectivity index (χ0) is 14.3. The van der Waals surface area contributed by atoms with Crippen molar-refractivity contribution in [2.75, 3.05) is 0 Å². The summed E-state index contributed by atoms with van der Waals surface area (Å²) in [5.41, 5.74) is 2.21. The summed E-state index contributed by atoms with van der Waals surface area (Å²) in [7, 11) is 1.93. The predicted octanol–water partition coefficient (Wildman–Crippen LogP) is 4.83. The molecule has 100 valence electrons. The Morgan fingerprint density at radius 2 is 1.90 bits per heavy atom. The zero-order valence-electron chi connectivity index (χ0n) is 10.7. The van der Waals surface area contributed by atoms with Crippen LogP contribution in [0.5, 0.6) is 0 Å². The Morgan fingerprint density at radius 1 is 1.15 bits per heavy atom. The summed E-state index contributed by atoms with van der Waals surface area (Å²) < 4.78 is 2.79. The number of aryl methyl sites for hydroxylation is 1. The zero-order valence-corrected chi connectivity index (χ0v) is 13.1. The fourth-order valence-corrected chi connectivity index (χ4v) is 2.90. The third kappa shape index (κ3) is 2.17. The second-order valence-corrected chi connectivity index (χ2v) is 5.95. The lowest BCUT2D eigenvalue weighted by molar-refractivity contribution is 0.104. The van der Waals surface area contributed by atoms with Gasteiger partial charge >= 0.3 is 0 Å². The molecule has 0 bridgehead atoms. The van der Waals surface area contributed by atoms with Gasteiger partial charge in [0, 0.05) is 39.7 Å². The maximum Gasteiger partial charge on any atom is 0.196 e. The number of hydrogen-bond donors (Lipinski definition) is 0. The van der Waals surface area contributed by atoms with Gasteiger partial charge in [0.05, 0.1) is 5.02 Å². The number of halogens is 2. The van der Waals surface area contributed by atoms with Crippen LogP contribution in [0.1, 0.15) is 15.9 Å². The van der Waals surface area contributed by atoms with Crippen LogP contribution in [0, 0.1) is 0 Å². The molecule has 0 aliphatic carbocycles. The van der Waals surface area contributed by atoms with E-state index in [0.717, 1.165) is 15.4 Å². The number of carbonyl (C=O) groups is 1. The van der Waals surface area contributed by atoms with Crippen LogP contribution in [0.2, 0.25) is 5.02 Å². The van der Waals surface area contributed by atoms with E-state index >= 15 is 0 Å². The normalized spacial score (nSPS) is 10.9. The number of aromatic nitrogens is 1. The Kier molecular flexibility index (Phi) is 3.40. The molecule has 3 aromatic rings. The van der Waals surface area contributed by atoms with Crippen LogP contribution in [-0.2, 0) is 7.05 Å². The first kappa shape index (κ1) is 13.4. The molecule has 0 N–H and O–H groups in total. The van der Waals surface area contributed by atoms with Gasteiger partial charge in [-0.2, -0.15) is 0 Å². The summed E-state index contributed by atoms with van der Waals surface area (Å²) in [6.45, 7) is 0. The molecule has 2 nitrogen and oxygen atoms in total. The number of carbonyl (C=O) groups excluding carboxylic acids is 1. The monoisotopic (exact) mass is 347 g/mol. The van der Waals surface area contributed by atoms with Crippen molar-refractivity contribution in [3.8, 4) is 0 Å². The minimum atomic E-state index is -0.0619. The first-order valence-electron chi connectivity index (χ1n) is 6.12. The van der Waals surface area contributed by atoms with Gasteiger partial charge in [-0.05, 0) is 24.3 Å². The molecule has 20 heavy (non-hydrogen) atoms. The highest BCUT2D eigenvalue weighted by Gasteiger charge is 2.18. The van der Waals surface area contributed by atoms with Crippen LogP contribution < -0.4 is 0 Å². The van der Waals surface area contributed by atoms with Gasteiger partial charge < -0.3 is 4.57 Å². The molecule has 0 saturated carbocycles. The molecule has 4 heteroatoms. The van der Waals surface area contributed by atoms with Crippen molar-refractivity contribution < 1.29 is 4.79 Å². The van der Waals surface area contributed by atoms with Crippen LogP contribution in [0.3, 0.4) is 0 Å². The molecule has 0 spiro atoms. The van der Waals surface area contributed by atoms with E-state index in [4.69, 9.17) is 11.6 Å². The van der Waals surface area contributed by atoms with Crippen LogP contribution in [-0.4, -0.2) is 10.4 Å². The van der Waals surface area contributed by atoms with Crippen LogP contribution >= 0.6 is 27.5 Å². The van der Waals surface area contributed by atoms with Gasteiger partial charge in [0.15, 0.2) is 5.78 Å². The molecule has 0 amide bonds. The van der Waals surface area contributed by atoms with Crippen LogP contribution in [0.25, 0.3) is 10.9 Å². The Bertz CT molecular complexity index is 822. The van der Waals surface area contributed by atoms with Crippen molar-refractivity contribution in [3.05, 3.63) is 69.3 Å². The summed E-state index contributed by atoms with van der Waals surface area (Å²) in [5.74, 6) is -0.0619. The van der Waals surface area contributed by atoms with Crippen molar-refractivity contribution in [1.82, 2.24) is 4.57 Å². The topological polar surface area (TPSA) is 22.0 Å². The largest absolute Gasteiger partial charge is 0.350 e. The maximum atomic E-state index is 12.7. The maximum absolute atomic E-state index is 12.7. The molecule has 0 radical (unpaired) electrons. The third-order valence-electron chi connectivity index (χ3n) is 3.31. The molecular weight excluding hydrogens is 338 g/mol. The Morgan fingerprint density at radius 3 is 2.70 bits per heavy atom. The van der Waals surface area contributed by atoms with E-state index in [1.807, 2.05) is 48.1 Å². The van der Waals surface area contributed by atoms with E-state index in [1.54, 1.807) is 12.1 Å². The fraction of sp³-hybridized carbons (Fsp3) is 0.0625. The fourth-order valence-electron chi connectivity index (χ4n) is 2.34.